The first-order valence-electron chi connectivity index (χ1n) is 9.92. The number of anilines is 1. The highest BCUT2D eigenvalue weighted by Crippen LogP contribution is 2.32. The summed E-state index contributed by atoms with van der Waals surface area (Å²) in [6.07, 6.45) is 4.21. The van der Waals surface area contributed by atoms with Gasteiger partial charge < -0.3 is 19.9 Å². The second kappa shape index (κ2) is 7.58. The van der Waals surface area contributed by atoms with Gasteiger partial charge in [-0.3, -0.25) is 14.8 Å². The predicted molar refractivity (Wildman–Crippen MR) is 109 cm³/mol. The molecule has 152 valence electrons. The van der Waals surface area contributed by atoms with Crippen molar-refractivity contribution in [2.24, 2.45) is 5.92 Å². The van der Waals surface area contributed by atoms with Crippen molar-refractivity contribution in [1.29, 1.82) is 5.26 Å². The zero-order chi connectivity index (χ0) is 20.6. The Labute approximate surface area is 170 Å². The second-order valence-corrected chi connectivity index (χ2v) is 8.14. The highest BCUT2D eigenvalue weighted by atomic mass is 16.5. The Morgan fingerprint density at radius 3 is 2.66 bits per heavy atom. The number of amides is 1. The number of nitrogens with one attached hydrogen (secondary N) is 1. The van der Waals surface area contributed by atoms with Gasteiger partial charge in [-0.25, -0.2) is 0 Å². The summed E-state index contributed by atoms with van der Waals surface area (Å²) in [5.41, 5.74) is 2.22. The number of nitrogens with zero attached hydrogens (tertiary/aromatic N) is 5. The Kier molecular flexibility index (Phi) is 5.11. The fourth-order valence-corrected chi connectivity index (χ4v) is 4.37. The normalized spacial score (nSPS) is 23.3. The van der Waals surface area contributed by atoms with Crippen molar-refractivity contribution in [3.8, 4) is 6.07 Å². The molecule has 2 aliphatic heterocycles. The number of aromatic nitrogens is 2. The molecule has 3 heterocycles. The lowest BCUT2D eigenvalue weighted by atomic mass is 9.91. The third-order valence-corrected chi connectivity index (χ3v) is 6.16. The van der Waals surface area contributed by atoms with Crippen molar-refractivity contribution >= 4 is 22.6 Å². The van der Waals surface area contributed by atoms with E-state index in [1.54, 1.807) is 18.5 Å². The number of hydrogen-bond donors (Lipinski definition) is 1. The second-order valence-electron chi connectivity index (χ2n) is 8.14. The molecule has 0 bridgehead atoms. The maximum absolute atomic E-state index is 13.1. The van der Waals surface area contributed by atoms with Gasteiger partial charge in [0.05, 0.1) is 24.5 Å². The van der Waals surface area contributed by atoms with Gasteiger partial charge in [-0.2, -0.15) is 5.26 Å². The van der Waals surface area contributed by atoms with Gasteiger partial charge in [0.25, 0.3) is 0 Å². The fourth-order valence-electron chi connectivity index (χ4n) is 4.37. The molecule has 29 heavy (non-hydrogen) atoms. The predicted octanol–water partition coefficient (Wildman–Crippen LogP) is 1.16. The molecule has 8 heteroatoms. The van der Waals surface area contributed by atoms with Crippen LogP contribution in [0, 0.1) is 17.2 Å². The average Bonchev–Trinajstić information content (AvgIpc) is 2.71. The summed E-state index contributed by atoms with van der Waals surface area (Å²) >= 11 is 0. The summed E-state index contributed by atoms with van der Waals surface area (Å²) in [6, 6.07) is 6.03. The number of ether oxygens (including phenoxy) is 1. The van der Waals surface area contributed by atoms with Crippen molar-refractivity contribution in [2.75, 3.05) is 45.3 Å². The lowest BCUT2D eigenvalue weighted by Crippen LogP contribution is -2.69. The topological polar surface area (TPSA) is 94.4 Å². The average molecular weight is 394 g/mol. The first-order valence-corrected chi connectivity index (χ1v) is 9.92. The minimum atomic E-state index is -0.604. The van der Waals surface area contributed by atoms with Crippen LogP contribution >= 0.6 is 0 Å². The van der Waals surface area contributed by atoms with Gasteiger partial charge in [-0.05, 0) is 31.5 Å². The number of likely N-dealkylation sites (N-methyl/N-ethyl adjacent to an activating group) is 2. The maximum atomic E-state index is 13.1. The first kappa shape index (κ1) is 19.6. The Balaban J connectivity index is 1.63. The molecule has 0 aliphatic carbocycles. The SMILES string of the molecule is CNC1(C(=O)N(C)[C@@H]2C[C@H](C)CN(c3ccc(C#N)c4nccnc34)C2)COC1. The molecule has 1 aromatic carbocycles. The number of nitriles is 1. The summed E-state index contributed by atoms with van der Waals surface area (Å²) in [5.74, 6) is 0.490. The highest BCUT2D eigenvalue weighted by molar-refractivity contribution is 5.92. The Morgan fingerprint density at radius 2 is 2.03 bits per heavy atom. The molecule has 2 aliphatic rings. The van der Waals surface area contributed by atoms with Crippen LogP contribution in [0.15, 0.2) is 24.5 Å². The van der Waals surface area contributed by atoms with Gasteiger partial charge in [-0.1, -0.05) is 6.92 Å². The summed E-state index contributed by atoms with van der Waals surface area (Å²) in [7, 11) is 3.70. The number of fused-ring (bicyclic) bond motifs is 1. The van der Waals surface area contributed by atoms with Gasteiger partial charge >= 0.3 is 0 Å². The molecular weight excluding hydrogens is 368 g/mol. The van der Waals surface area contributed by atoms with Crippen LogP contribution < -0.4 is 10.2 Å². The Bertz CT molecular complexity index is 962. The van der Waals surface area contributed by atoms with Crippen LogP contribution in [-0.4, -0.2) is 72.8 Å². The van der Waals surface area contributed by atoms with E-state index in [0.717, 1.165) is 24.2 Å². The molecule has 4 rings (SSSR count). The molecule has 0 saturated carbocycles. The number of piperidine rings is 1. The number of rotatable bonds is 4. The van der Waals surface area contributed by atoms with Crippen molar-refractivity contribution in [3.63, 3.8) is 0 Å². The van der Waals surface area contributed by atoms with Crippen LogP contribution in [0.4, 0.5) is 5.69 Å². The van der Waals surface area contributed by atoms with Gasteiger partial charge in [0.1, 0.15) is 22.6 Å². The molecule has 0 radical (unpaired) electrons. The first-order chi connectivity index (χ1) is 14.0. The van der Waals surface area contributed by atoms with Crippen LogP contribution in [0.1, 0.15) is 18.9 Å². The van der Waals surface area contributed by atoms with Gasteiger partial charge in [-0.15, -0.1) is 0 Å². The summed E-state index contributed by atoms with van der Waals surface area (Å²) in [5, 5.41) is 12.5. The highest BCUT2D eigenvalue weighted by Gasteiger charge is 2.47. The monoisotopic (exact) mass is 394 g/mol. The zero-order valence-electron chi connectivity index (χ0n) is 17.1. The number of carbonyl (C=O) groups excluding carboxylic acids is 1. The maximum Gasteiger partial charge on any atom is 0.247 e. The van der Waals surface area contributed by atoms with E-state index in [-0.39, 0.29) is 11.9 Å². The van der Waals surface area contributed by atoms with Crippen LogP contribution in [0.3, 0.4) is 0 Å². The Morgan fingerprint density at radius 1 is 1.31 bits per heavy atom. The summed E-state index contributed by atoms with van der Waals surface area (Å²) < 4.78 is 5.31. The van der Waals surface area contributed by atoms with Gasteiger partial charge in [0.15, 0.2) is 0 Å². The number of hydrogen-bond acceptors (Lipinski definition) is 7. The lowest BCUT2D eigenvalue weighted by Gasteiger charge is -2.47. The van der Waals surface area contributed by atoms with E-state index in [0.29, 0.717) is 36.8 Å². The van der Waals surface area contributed by atoms with Crippen molar-refractivity contribution in [1.82, 2.24) is 20.2 Å². The fraction of sp³-hybridized carbons (Fsp3) is 0.524. The van der Waals surface area contributed by atoms with Crippen molar-refractivity contribution in [2.45, 2.75) is 24.9 Å². The molecule has 1 aromatic heterocycles. The van der Waals surface area contributed by atoms with Crippen LogP contribution in [0.2, 0.25) is 0 Å². The molecule has 2 saturated heterocycles. The van der Waals surface area contributed by atoms with Crippen molar-refractivity contribution in [3.05, 3.63) is 30.1 Å². The third-order valence-electron chi connectivity index (χ3n) is 6.16. The van der Waals surface area contributed by atoms with E-state index >= 15 is 0 Å². The van der Waals surface area contributed by atoms with Gasteiger partial charge in [0, 0.05) is 38.6 Å². The smallest absolute Gasteiger partial charge is 0.247 e. The summed E-state index contributed by atoms with van der Waals surface area (Å²) in [6.45, 7) is 4.61. The minimum Gasteiger partial charge on any atom is -0.376 e. The molecule has 2 atom stereocenters. The molecule has 1 N–H and O–H groups in total. The van der Waals surface area contributed by atoms with Gasteiger partial charge in [0.2, 0.25) is 5.91 Å². The Hall–Kier alpha value is -2.76. The lowest BCUT2D eigenvalue weighted by molar-refractivity contribution is -0.159. The number of carbonyl (C=O) groups is 1. The van der Waals surface area contributed by atoms with E-state index in [1.165, 1.54) is 0 Å². The van der Waals surface area contributed by atoms with E-state index in [4.69, 9.17) is 4.74 Å². The van der Waals surface area contributed by atoms with Crippen LogP contribution in [0.5, 0.6) is 0 Å². The van der Waals surface area contributed by atoms with Crippen LogP contribution in [0.25, 0.3) is 11.0 Å². The molecule has 1 amide bonds. The standard InChI is InChI=1S/C21H26N6O2/c1-14-8-16(26(3)20(28)21(23-2)12-29-13-21)11-27(10-14)17-5-4-15(9-22)18-19(17)25-7-6-24-18/h4-7,14,16,23H,8,10-13H2,1-3H3/t14-,16+/m0/s1. The third kappa shape index (κ3) is 3.30. The minimum absolute atomic E-state index is 0.0785. The van der Waals surface area contributed by atoms with Crippen LogP contribution in [-0.2, 0) is 9.53 Å². The molecule has 0 unspecified atom stereocenters. The molecule has 0 spiro atoms. The molecule has 2 fully saturated rings. The van der Waals surface area contributed by atoms with E-state index in [9.17, 15) is 10.1 Å². The molecular formula is C21H26N6O2. The zero-order valence-corrected chi connectivity index (χ0v) is 17.1. The number of benzene rings is 1. The quantitative estimate of drug-likeness (QED) is 0.832. The molecule has 2 aromatic rings. The largest absolute Gasteiger partial charge is 0.376 e. The van der Waals surface area contributed by atoms with E-state index in [2.05, 4.69) is 33.2 Å². The van der Waals surface area contributed by atoms with Crippen molar-refractivity contribution < 1.29 is 9.53 Å². The van der Waals surface area contributed by atoms with E-state index < -0.39 is 5.54 Å². The molecule has 8 nitrogen and oxygen atoms in total. The summed E-state index contributed by atoms with van der Waals surface area (Å²) in [4.78, 5) is 26.2. The van der Waals surface area contributed by atoms with E-state index in [1.807, 2.05) is 25.1 Å².